The van der Waals surface area contributed by atoms with Gasteiger partial charge in [-0.2, -0.15) is 0 Å². The van der Waals surface area contributed by atoms with Crippen molar-refractivity contribution in [1.82, 2.24) is 0 Å². The van der Waals surface area contributed by atoms with Gasteiger partial charge in [0.1, 0.15) is 5.78 Å². The van der Waals surface area contributed by atoms with Gasteiger partial charge < -0.3 is 5.11 Å². The van der Waals surface area contributed by atoms with Crippen LogP contribution in [0.4, 0.5) is 0 Å². The Bertz CT molecular complexity index is 358. The van der Waals surface area contributed by atoms with Crippen LogP contribution >= 0.6 is 0 Å². The summed E-state index contributed by atoms with van der Waals surface area (Å²) in [6.07, 6.45) is 2.08. The molecule has 86 valence electrons. The molecule has 0 saturated heterocycles. The van der Waals surface area contributed by atoms with Gasteiger partial charge in [0.2, 0.25) is 0 Å². The van der Waals surface area contributed by atoms with Gasteiger partial charge in [-0.1, -0.05) is 30.3 Å². The van der Waals surface area contributed by atoms with Crippen molar-refractivity contribution in [2.75, 3.05) is 0 Å². The zero-order chi connectivity index (χ0) is 11.5. The van der Waals surface area contributed by atoms with Crippen LogP contribution in [0.5, 0.6) is 0 Å². The summed E-state index contributed by atoms with van der Waals surface area (Å²) >= 11 is 0. The Morgan fingerprint density at radius 1 is 1.25 bits per heavy atom. The second-order valence-electron chi connectivity index (χ2n) is 4.71. The topological polar surface area (TPSA) is 37.3 Å². The van der Waals surface area contributed by atoms with E-state index in [4.69, 9.17) is 0 Å². The quantitative estimate of drug-likeness (QED) is 0.828. The second kappa shape index (κ2) is 4.79. The first-order chi connectivity index (χ1) is 7.68. The highest BCUT2D eigenvalue weighted by atomic mass is 16.3. The zero-order valence-electron chi connectivity index (χ0n) is 9.60. The molecule has 3 unspecified atom stereocenters. The lowest BCUT2D eigenvalue weighted by Crippen LogP contribution is -2.32. The van der Waals surface area contributed by atoms with E-state index in [9.17, 15) is 9.90 Å². The summed E-state index contributed by atoms with van der Waals surface area (Å²) in [5, 5.41) is 9.78. The predicted molar refractivity (Wildman–Crippen MR) is 63.2 cm³/mol. The molecule has 3 atom stereocenters. The molecule has 2 nitrogen and oxygen atoms in total. The molecule has 1 aromatic rings. The van der Waals surface area contributed by atoms with E-state index in [2.05, 4.69) is 12.1 Å². The van der Waals surface area contributed by atoms with Crippen LogP contribution in [0.2, 0.25) is 0 Å². The molecule has 2 rings (SSSR count). The van der Waals surface area contributed by atoms with E-state index in [1.54, 1.807) is 6.92 Å². The number of benzene rings is 1. The van der Waals surface area contributed by atoms with Crippen LogP contribution in [0.25, 0.3) is 0 Å². The van der Waals surface area contributed by atoms with Crippen LogP contribution in [0.15, 0.2) is 30.3 Å². The molecule has 1 saturated carbocycles. The predicted octanol–water partition coefficient (Wildman–Crippen LogP) is 2.52. The largest absolute Gasteiger partial charge is 0.392 e. The lowest BCUT2D eigenvalue weighted by Gasteiger charge is -2.32. The van der Waals surface area contributed by atoms with Crippen LogP contribution in [0, 0.1) is 5.92 Å². The van der Waals surface area contributed by atoms with Crippen molar-refractivity contribution in [3.63, 3.8) is 0 Å². The van der Waals surface area contributed by atoms with Crippen LogP contribution in [-0.4, -0.2) is 17.0 Å². The number of hydrogen-bond donors (Lipinski definition) is 1. The lowest BCUT2D eigenvalue weighted by atomic mass is 9.75. The maximum atomic E-state index is 11.4. The van der Waals surface area contributed by atoms with Crippen molar-refractivity contribution in [2.24, 2.45) is 5.92 Å². The highest BCUT2D eigenvalue weighted by Gasteiger charge is 2.32. The third kappa shape index (κ3) is 2.33. The fraction of sp³-hybridized carbons (Fsp3) is 0.500. The summed E-state index contributed by atoms with van der Waals surface area (Å²) in [5.74, 6) is 0.380. The van der Waals surface area contributed by atoms with Crippen molar-refractivity contribution in [2.45, 2.75) is 38.2 Å². The highest BCUT2D eigenvalue weighted by molar-refractivity contribution is 5.79. The van der Waals surface area contributed by atoms with Crippen molar-refractivity contribution in [3.05, 3.63) is 35.9 Å². The number of carbonyl (C=O) groups is 1. The standard InChI is InChI=1S/C14H18O2/c1-10(15)13-9-12(7-8-14(13)16)11-5-3-2-4-6-11/h2-6,12-14,16H,7-9H2,1H3. The van der Waals surface area contributed by atoms with Gasteiger partial charge in [0, 0.05) is 5.92 Å². The molecule has 1 N–H and O–H groups in total. The summed E-state index contributed by atoms with van der Waals surface area (Å²) in [6.45, 7) is 1.58. The number of aliphatic hydroxyl groups excluding tert-OH is 1. The zero-order valence-corrected chi connectivity index (χ0v) is 9.60. The minimum Gasteiger partial charge on any atom is -0.392 e. The lowest BCUT2D eigenvalue weighted by molar-refractivity contribution is -0.125. The van der Waals surface area contributed by atoms with Crippen molar-refractivity contribution >= 4 is 5.78 Å². The number of aliphatic hydroxyl groups is 1. The normalized spacial score (nSPS) is 30.0. The van der Waals surface area contributed by atoms with Gasteiger partial charge in [-0.25, -0.2) is 0 Å². The van der Waals surface area contributed by atoms with E-state index >= 15 is 0 Å². The number of carbonyl (C=O) groups excluding carboxylic acids is 1. The summed E-state index contributed by atoms with van der Waals surface area (Å²) in [6, 6.07) is 10.3. The number of Topliss-reactive ketones (excluding diaryl/α,β-unsaturated/α-hetero) is 1. The Balaban J connectivity index is 2.12. The third-order valence-corrected chi connectivity index (χ3v) is 3.61. The van der Waals surface area contributed by atoms with E-state index in [-0.39, 0.29) is 11.7 Å². The maximum absolute atomic E-state index is 11.4. The molecule has 1 aliphatic carbocycles. The van der Waals surface area contributed by atoms with E-state index in [0.717, 1.165) is 19.3 Å². The van der Waals surface area contributed by atoms with Gasteiger partial charge in [0.05, 0.1) is 6.10 Å². The Labute approximate surface area is 96.3 Å². The molecular weight excluding hydrogens is 200 g/mol. The van der Waals surface area contributed by atoms with Crippen molar-refractivity contribution in [3.8, 4) is 0 Å². The molecule has 0 amide bonds. The summed E-state index contributed by atoms with van der Waals surface area (Å²) < 4.78 is 0. The molecule has 1 aliphatic rings. The number of rotatable bonds is 2. The van der Waals surface area contributed by atoms with E-state index < -0.39 is 6.10 Å². The first-order valence-corrected chi connectivity index (χ1v) is 5.92. The fourth-order valence-corrected chi connectivity index (χ4v) is 2.62. The fourth-order valence-electron chi connectivity index (χ4n) is 2.62. The van der Waals surface area contributed by atoms with Crippen LogP contribution < -0.4 is 0 Å². The van der Waals surface area contributed by atoms with Gasteiger partial charge in [0.15, 0.2) is 0 Å². The minimum absolute atomic E-state index is 0.119. The van der Waals surface area contributed by atoms with Crippen molar-refractivity contribution < 1.29 is 9.90 Å². The Morgan fingerprint density at radius 3 is 2.56 bits per heavy atom. The van der Waals surface area contributed by atoms with Crippen LogP contribution in [-0.2, 0) is 4.79 Å². The van der Waals surface area contributed by atoms with E-state index in [0.29, 0.717) is 5.92 Å². The van der Waals surface area contributed by atoms with Crippen LogP contribution in [0.3, 0.4) is 0 Å². The van der Waals surface area contributed by atoms with Gasteiger partial charge in [-0.3, -0.25) is 4.79 Å². The number of hydrogen-bond acceptors (Lipinski definition) is 2. The molecule has 0 radical (unpaired) electrons. The molecule has 0 spiro atoms. The first kappa shape index (κ1) is 11.3. The Hall–Kier alpha value is -1.15. The minimum atomic E-state index is -0.433. The average Bonchev–Trinajstić information content (AvgIpc) is 2.30. The SMILES string of the molecule is CC(=O)C1CC(c2ccccc2)CCC1O. The van der Waals surface area contributed by atoms with E-state index in [1.807, 2.05) is 18.2 Å². The Morgan fingerprint density at radius 2 is 1.94 bits per heavy atom. The van der Waals surface area contributed by atoms with Crippen LogP contribution in [0.1, 0.15) is 37.7 Å². The molecule has 0 bridgehead atoms. The van der Waals surface area contributed by atoms with Gasteiger partial charge in [0.25, 0.3) is 0 Å². The molecule has 0 aromatic heterocycles. The average molecular weight is 218 g/mol. The highest BCUT2D eigenvalue weighted by Crippen LogP contribution is 2.36. The van der Waals surface area contributed by atoms with E-state index in [1.165, 1.54) is 5.56 Å². The molecule has 0 aliphatic heterocycles. The maximum Gasteiger partial charge on any atom is 0.135 e. The third-order valence-electron chi connectivity index (χ3n) is 3.61. The summed E-state index contributed by atoms with van der Waals surface area (Å²) in [5.41, 5.74) is 1.29. The van der Waals surface area contributed by atoms with Crippen molar-refractivity contribution in [1.29, 1.82) is 0 Å². The van der Waals surface area contributed by atoms with Gasteiger partial charge in [-0.05, 0) is 37.7 Å². The molecule has 1 aromatic carbocycles. The second-order valence-corrected chi connectivity index (χ2v) is 4.71. The molecule has 0 heterocycles. The molecular formula is C14H18O2. The Kier molecular flexibility index (Phi) is 3.39. The van der Waals surface area contributed by atoms with Gasteiger partial charge >= 0.3 is 0 Å². The monoisotopic (exact) mass is 218 g/mol. The molecule has 16 heavy (non-hydrogen) atoms. The smallest absolute Gasteiger partial charge is 0.135 e. The number of ketones is 1. The summed E-state index contributed by atoms with van der Waals surface area (Å²) in [4.78, 5) is 11.4. The molecule has 2 heteroatoms. The first-order valence-electron chi connectivity index (χ1n) is 5.92. The summed E-state index contributed by atoms with van der Waals surface area (Å²) in [7, 11) is 0. The van der Waals surface area contributed by atoms with Gasteiger partial charge in [-0.15, -0.1) is 0 Å². The molecule has 1 fully saturated rings.